The van der Waals surface area contributed by atoms with Crippen LogP contribution in [0.1, 0.15) is 31.4 Å². The number of nitrogens with zero attached hydrogens (tertiary/aromatic N) is 1. The van der Waals surface area contributed by atoms with Crippen molar-refractivity contribution in [2.45, 2.75) is 56.2 Å². The van der Waals surface area contributed by atoms with Gasteiger partial charge < -0.3 is 9.47 Å². The van der Waals surface area contributed by atoms with E-state index in [-0.39, 0.29) is 13.0 Å². The first-order valence-corrected chi connectivity index (χ1v) is 13.0. The molecule has 4 rings (SSSR count). The summed E-state index contributed by atoms with van der Waals surface area (Å²) in [6.07, 6.45) is -10.7. The average molecular weight is 586 g/mol. The third-order valence-electron chi connectivity index (χ3n) is 5.94. The fourth-order valence-electron chi connectivity index (χ4n) is 4.14. The standard InChI is InChI=1S/C22H21ClF4NO9P/c1-21(24)18(36-20(31)22(25,26)27)16(35-19(21)28-7-5-14(29)10-17(28)30)11-34-38(32)33-8-6-15(37-38)12-3-2-4-13(23)9-12/h2-5,7,9,15-16,18-19H,6,8,10-11H2,1H3/t15-,16+,18+,19+,21+,38+/m0/s1. The zero-order valence-corrected chi connectivity index (χ0v) is 21.2. The second kappa shape index (κ2) is 10.7. The fourth-order valence-corrected chi connectivity index (χ4v) is 5.74. The SMILES string of the molecule is C[C@@]1(F)[C@H](OC(=O)C(F)(F)F)[C@@H](CO[P@@]2(=O)OCC[C@@H](c3cccc(Cl)c3)O2)O[C@H]1N1C=CC(=O)CC1=O. The predicted octanol–water partition coefficient (Wildman–Crippen LogP) is 4.19. The largest absolute Gasteiger partial charge is 0.490 e. The van der Waals surface area contributed by atoms with E-state index in [1.807, 2.05) is 0 Å². The van der Waals surface area contributed by atoms with E-state index < -0.39 is 74.9 Å². The second-order valence-electron chi connectivity index (χ2n) is 8.78. The molecule has 16 heteroatoms. The highest BCUT2D eigenvalue weighted by molar-refractivity contribution is 7.48. The van der Waals surface area contributed by atoms with Crippen molar-refractivity contribution in [1.29, 1.82) is 0 Å². The number of ketones is 1. The first-order chi connectivity index (χ1) is 17.7. The van der Waals surface area contributed by atoms with Gasteiger partial charge in [-0.1, -0.05) is 23.7 Å². The van der Waals surface area contributed by atoms with Crippen LogP contribution in [0.5, 0.6) is 0 Å². The zero-order valence-electron chi connectivity index (χ0n) is 19.6. The Morgan fingerprint density at radius 3 is 2.71 bits per heavy atom. The number of amides is 1. The van der Waals surface area contributed by atoms with Crippen molar-refractivity contribution in [1.82, 2.24) is 4.90 Å². The number of phosphoric ester groups is 1. The van der Waals surface area contributed by atoms with Crippen LogP contribution in [-0.2, 0) is 42.0 Å². The highest BCUT2D eigenvalue weighted by Gasteiger charge is 2.61. The molecule has 0 unspecified atom stereocenters. The Morgan fingerprint density at radius 2 is 2.05 bits per heavy atom. The van der Waals surface area contributed by atoms with Gasteiger partial charge in [0.1, 0.15) is 6.10 Å². The van der Waals surface area contributed by atoms with E-state index in [2.05, 4.69) is 4.74 Å². The second-order valence-corrected chi connectivity index (χ2v) is 10.8. The number of phosphoric acid groups is 1. The quantitative estimate of drug-likeness (QED) is 0.210. The van der Waals surface area contributed by atoms with Crippen LogP contribution in [0.15, 0.2) is 36.5 Å². The smallest absolute Gasteiger partial charge is 0.449 e. The molecule has 1 amide bonds. The summed E-state index contributed by atoms with van der Waals surface area (Å²) in [7, 11) is -4.36. The molecule has 38 heavy (non-hydrogen) atoms. The van der Waals surface area contributed by atoms with Crippen molar-refractivity contribution in [3.05, 3.63) is 47.1 Å². The summed E-state index contributed by atoms with van der Waals surface area (Å²) < 4.78 is 93.5. The number of ether oxygens (including phenoxy) is 2. The number of halogens is 5. The minimum Gasteiger partial charge on any atom is -0.449 e. The van der Waals surface area contributed by atoms with Gasteiger partial charge in [0.05, 0.1) is 25.7 Å². The summed E-state index contributed by atoms with van der Waals surface area (Å²) in [5.74, 6) is -4.19. The normalized spacial score (nSPS) is 34.0. The summed E-state index contributed by atoms with van der Waals surface area (Å²) in [5.41, 5.74) is -2.36. The van der Waals surface area contributed by atoms with E-state index in [4.69, 9.17) is 29.9 Å². The highest BCUT2D eigenvalue weighted by atomic mass is 35.5. The molecule has 1 aromatic rings. The molecule has 0 aliphatic carbocycles. The maximum absolute atomic E-state index is 15.9. The average Bonchev–Trinajstić information content (AvgIpc) is 3.07. The van der Waals surface area contributed by atoms with Gasteiger partial charge in [0.2, 0.25) is 5.91 Å². The minimum absolute atomic E-state index is 0.0863. The molecule has 2 fully saturated rings. The Labute approximate surface area is 218 Å². The molecule has 0 aromatic heterocycles. The van der Waals surface area contributed by atoms with Crippen LogP contribution in [-0.4, -0.2) is 66.1 Å². The van der Waals surface area contributed by atoms with Gasteiger partial charge in [-0.25, -0.2) is 13.8 Å². The Hall–Kier alpha value is -2.35. The molecule has 0 bridgehead atoms. The molecular formula is C22H21ClF4NO9P. The lowest BCUT2D eigenvalue weighted by atomic mass is 9.97. The highest BCUT2D eigenvalue weighted by Crippen LogP contribution is 2.57. The molecule has 0 spiro atoms. The first kappa shape index (κ1) is 28.7. The van der Waals surface area contributed by atoms with Crippen LogP contribution >= 0.6 is 19.4 Å². The lowest BCUT2D eigenvalue weighted by Gasteiger charge is -2.33. The van der Waals surface area contributed by atoms with E-state index in [0.717, 1.165) is 19.2 Å². The summed E-state index contributed by atoms with van der Waals surface area (Å²) >= 11 is 5.98. The number of hydrogen-bond acceptors (Lipinski definition) is 9. The van der Waals surface area contributed by atoms with E-state index in [0.29, 0.717) is 15.5 Å². The van der Waals surface area contributed by atoms with Crippen LogP contribution < -0.4 is 0 Å². The Kier molecular flexibility index (Phi) is 8.04. The molecule has 208 valence electrons. The number of carbonyl (C=O) groups is 3. The van der Waals surface area contributed by atoms with E-state index in [1.165, 1.54) is 0 Å². The molecule has 10 nitrogen and oxygen atoms in total. The molecule has 1 aromatic carbocycles. The summed E-state index contributed by atoms with van der Waals surface area (Å²) in [4.78, 5) is 36.1. The van der Waals surface area contributed by atoms with Gasteiger partial charge >= 0.3 is 20.0 Å². The van der Waals surface area contributed by atoms with Crippen LogP contribution in [0.25, 0.3) is 0 Å². The number of alkyl halides is 4. The van der Waals surface area contributed by atoms with Crippen LogP contribution in [0.2, 0.25) is 5.02 Å². The molecule has 6 atom stereocenters. The van der Waals surface area contributed by atoms with Crippen molar-refractivity contribution in [2.24, 2.45) is 0 Å². The number of hydrogen-bond donors (Lipinski definition) is 0. The lowest BCUT2D eigenvalue weighted by Crippen LogP contribution is -2.53. The van der Waals surface area contributed by atoms with Crippen molar-refractivity contribution in [3.63, 3.8) is 0 Å². The number of allylic oxidation sites excluding steroid dienone is 1. The predicted molar refractivity (Wildman–Crippen MR) is 119 cm³/mol. The Morgan fingerprint density at radius 1 is 1.32 bits per heavy atom. The van der Waals surface area contributed by atoms with Crippen molar-refractivity contribution in [2.75, 3.05) is 13.2 Å². The molecule has 0 N–H and O–H groups in total. The molecule has 2 saturated heterocycles. The number of esters is 1. The van der Waals surface area contributed by atoms with Crippen molar-refractivity contribution in [3.8, 4) is 0 Å². The molecule has 3 aliphatic heterocycles. The molecular weight excluding hydrogens is 565 g/mol. The van der Waals surface area contributed by atoms with E-state index >= 15 is 4.39 Å². The van der Waals surface area contributed by atoms with Crippen molar-refractivity contribution >= 4 is 37.1 Å². The maximum atomic E-state index is 15.9. The molecule has 0 radical (unpaired) electrons. The number of benzene rings is 1. The topological polar surface area (TPSA) is 118 Å². The first-order valence-electron chi connectivity index (χ1n) is 11.2. The Bertz CT molecular complexity index is 1190. The van der Waals surface area contributed by atoms with Crippen LogP contribution in [0.4, 0.5) is 17.6 Å². The molecule has 3 heterocycles. The van der Waals surface area contributed by atoms with Gasteiger partial charge in [-0.2, -0.15) is 13.2 Å². The lowest BCUT2D eigenvalue weighted by molar-refractivity contribution is -0.211. The zero-order chi connectivity index (χ0) is 27.9. The molecule has 3 aliphatic rings. The van der Waals surface area contributed by atoms with E-state index in [9.17, 15) is 32.1 Å². The summed E-state index contributed by atoms with van der Waals surface area (Å²) in [6.45, 7) is -0.235. The third kappa shape index (κ3) is 6.11. The number of carbonyl (C=O) groups excluding carboxylic acids is 3. The van der Waals surface area contributed by atoms with Crippen LogP contribution in [0.3, 0.4) is 0 Å². The van der Waals surface area contributed by atoms with Crippen LogP contribution in [0, 0.1) is 0 Å². The number of rotatable bonds is 6. The van der Waals surface area contributed by atoms with E-state index in [1.54, 1.807) is 24.3 Å². The van der Waals surface area contributed by atoms with Gasteiger partial charge in [-0.05, 0) is 30.7 Å². The minimum atomic E-state index is -5.47. The van der Waals surface area contributed by atoms with Gasteiger partial charge in [0, 0.05) is 17.6 Å². The Balaban J connectivity index is 1.54. The van der Waals surface area contributed by atoms with Gasteiger partial charge in [0.15, 0.2) is 23.8 Å². The maximum Gasteiger partial charge on any atom is 0.490 e. The monoisotopic (exact) mass is 585 g/mol. The van der Waals surface area contributed by atoms with Gasteiger partial charge in [0.25, 0.3) is 0 Å². The van der Waals surface area contributed by atoms with Gasteiger partial charge in [-0.3, -0.25) is 28.1 Å². The third-order valence-corrected chi connectivity index (χ3v) is 7.65. The van der Waals surface area contributed by atoms with Gasteiger partial charge in [-0.15, -0.1) is 0 Å². The summed E-state index contributed by atoms with van der Waals surface area (Å²) in [5, 5.41) is 0.387. The fraction of sp³-hybridized carbons (Fsp3) is 0.500. The summed E-state index contributed by atoms with van der Waals surface area (Å²) in [6, 6.07) is 6.48. The molecule has 0 saturated carbocycles. The van der Waals surface area contributed by atoms with Crippen molar-refractivity contribution < 1.29 is 59.6 Å².